The normalized spacial score (nSPS) is 11.0. The molecule has 0 aliphatic heterocycles. The Hall–Kier alpha value is -3.14. The zero-order chi connectivity index (χ0) is 20.4. The predicted octanol–water partition coefficient (Wildman–Crippen LogP) is 1.86. The van der Waals surface area contributed by atoms with E-state index in [0.717, 1.165) is 16.1 Å². The van der Waals surface area contributed by atoms with Crippen molar-refractivity contribution in [1.82, 2.24) is 13.5 Å². The second-order valence-electron chi connectivity index (χ2n) is 6.34. The highest BCUT2D eigenvalue weighted by atomic mass is 32.1. The largest absolute Gasteiger partial charge is 0.497 e. The first kappa shape index (κ1) is 19.6. The summed E-state index contributed by atoms with van der Waals surface area (Å²) in [5.74, 6) is 0.605. The minimum Gasteiger partial charge on any atom is -0.497 e. The second kappa shape index (κ2) is 7.85. The Morgan fingerprint density at radius 2 is 1.82 bits per heavy atom. The van der Waals surface area contributed by atoms with Gasteiger partial charge in [0.25, 0.3) is 5.56 Å². The molecule has 0 unspecified atom stereocenters. The van der Waals surface area contributed by atoms with Crippen LogP contribution >= 0.6 is 11.5 Å². The molecule has 1 amide bonds. The SMILES string of the molecule is COc1cc(NC(=O)Cn2c(=O)n(C(C)C)c(=O)c3nscc32)cc(OC)c1. The molecule has 1 aromatic carbocycles. The third-order valence-electron chi connectivity index (χ3n) is 4.15. The average Bonchev–Trinajstić information content (AvgIpc) is 3.14. The highest BCUT2D eigenvalue weighted by molar-refractivity contribution is 7.04. The molecule has 3 aromatic rings. The van der Waals surface area contributed by atoms with E-state index in [1.807, 2.05) is 0 Å². The lowest BCUT2D eigenvalue weighted by atomic mass is 10.2. The highest BCUT2D eigenvalue weighted by Crippen LogP contribution is 2.25. The lowest BCUT2D eigenvalue weighted by molar-refractivity contribution is -0.116. The molecular formula is C18H20N4O5S. The predicted molar refractivity (Wildman–Crippen MR) is 107 cm³/mol. The Bertz CT molecular complexity index is 1120. The lowest BCUT2D eigenvalue weighted by Crippen LogP contribution is -2.42. The molecule has 2 aromatic heterocycles. The first-order chi connectivity index (χ1) is 13.3. The van der Waals surface area contributed by atoms with Crippen LogP contribution in [0.5, 0.6) is 11.5 Å². The van der Waals surface area contributed by atoms with Crippen LogP contribution in [0, 0.1) is 0 Å². The molecule has 0 spiro atoms. The number of amides is 1. The van der Waals surface area contributed by atoms with Gasteiger partial charge in [-0.1, -0.05) is 0 Å². The number of nitrogens with one attached hydrogen (secondary N) is 1. The van der Waals surface area contributed by atoms with Crippen LogP contribution in [0.3, 0.4) is 0 Å². The van der Waals surface area contributed by atoms with E-state index in [1.54, 1.807) is 37.4 Å². The summed E-state index contributed by atoms with van der Waals surface area (Å²) in [4.78, 5) is 37.9. The monoisotopic (exact) mass is 404 g/mol. The highest BCUT2D eigenvalue weighted by Gasteiger charge is 2.19. The molecule has 0 radical (unpaired) electrons. The summed E-state index contributed by atoms with van der Waals surface area (Å²) < 4.78 is 16.8. The first-order valence-corrected chi connectivity index (χ1v) is 9.31. The average molecular weight is 404 g/mol. The number of hydrogen-bond donors (Lipinski definition) is 1. The van der Waals surface area contributed by atoms with Gasteiger partial charge in [0.05, 0.1) is 19.7 Å². The number of anilines is 1. The summed E-state index contributed by atoms with van der Waals surface area (Å²) in [6.07, 6.45) is 0. The number of methoxy groups -OCH3 is 2. The number of ether oxygens (including phenoxy) is 2. The number of nitrogens with zero attached hydrogens (tertiary/aromatic N) is 3. The molecule has 0 bridgehead atoms. The topological polar surface area (TPSA) is 104 Å². The number of carbonyl (C=O) groups is 1. The molecule has 2 heterocycles. The minimum absolute atomic E-state index is 0.175. The van der Waals surface area contributed by atoms with Crippen LogP contribution in [-0.2, 0) is 11.3 Å². The molecule has 1 N–H and O–H groups in total. The summed E-state index contributed by atoms with van der Waals surface area (Å²) in [6, 6.07) is 4.60. The lowest BCUT2D eigenvalue weighted by Gasteiger charge is -2.14. The van der Waals surface area contributed by atoms with Gasteiger partial charge in [-0.15, -0.1) is 0 Å². The number of hydrogen-bond acceptors (Lipinski definition) is 7. The van der Waals surface area contributed by atoms with Crippen molar-refractivity contribution in [3.05, 3.63) is 44.4 Å². The molecule has 0 fully saturated rings. The molecule has 0 saturated heterocycles. The van der Waals surface area contributed by atoms with Gasteiger partial charge in [0.1, 0.15) is 18.0 Å². The maximum Gasteiger partial charge on any atom is 0.332 e. The number of fused-ring (bicyclic) bond motifs is 1. The quantitative estimate of drug-likeness (QED) is 0.672. The number of aromatic nitrogens is 3. The smallest absolute Gasteiger partial charge is 0.332 e. The molecule has 0 saturated carbocycles. The van der Waals surface area contributed by atoms with Gasteiger partial charge in [-0.25, -0.2) is 4.79 Å². The second-order valence-corrected chi connectivity index (χ2v) is 6.96. The van der Waals surface area contributed by atoms with E-state index in [2.05, 4.69) is 9.69 Å². The molecule has 9 nitrogen and oxygen atoms in total. The molecule has 28 heavy (non-hydrogen) atoms. The Morgan fingerprint density at radius 1 is 1.18 bits per heavy atom. The zero-order valence-electron chi connectivity index (χ0n) is 15.9. The Morgan fingerprint density at radius 3 is 2.39 bits per heavy atom. The van der Waals surface area contributed by atoms with Gasteiger partial charge in [-0.05, 0) is 25.4 Å². The molecule has 3 rings (SSSR count). The fraction of sp³-hybridized carbons (Fsp3) is 0.333. The Kier molecular flexibility index (Phi) is 5.50. The van der Waals surface area contributed by atoms with Gasteiger partial charge < -0.3 is 14.8 Å². The van der Waals surface area contributed by atoms with Gasteiger partial charge in [-0.2, -0.15) is 4.37 Å². The fourth-order valence-corrected chi connectivity index (χ4v) is 3.51. The van der Waals surface area contributed by atoms with Crippen LogP contribution in [0.15, 0.2) is 33.2 Å². The number of carbonyl (C=O) groups excluding carboxylic acids is 1. The molecular weight excluding hydrogens is 384 g/mol. The molecule has 0 aliphatic carbocycles. The molecule has 10 heteroatoms. The van der Waals surface area contributed by atoms with E-state index in [9.17, 15) is 14.4 Å². The van der Waals surface area contributed by atoms with Crippen LogP contribution < -0.4 is 26.0 Å². The van der Waals surface area contributed by atoms with Crippen molar-refractivity contribution in [1.29, 1.82) is 0 Å². The van der Waals surface area contributed by atoms with E-state index in [-0.39, 0.29) is 18.1 Å². The maximum absolute atomic E-state index is 12.8. The van der Waals surface area contributed by atoms with Crippen molar-refractivity contribution in [3.63, 3.8) is 0 Å². The summed E-state index contributed by atoms with van der Waals surface area (Å²) in [5.41, 5.74) is -0.0212. The van der Waals surface area contributed by atoms with Crippen LogP contribution in [0.4, 0.5) is 5.69 Å². The Balaban J connectivity index is 1.97. The van der Waals surface area contributed by atoms with Gasteiger partial charge >= 0.3 is 5.69 Å². The van der Waals surface area contributed by atoms with Gasteiger partial charge in [-0.3, -0.25) is 18.7 Å². The van der Waals surface area contributed by atoms with E-state index < -0.39 is 17.2 Å². The minimum atomic E-state index is -0.550. The fourth-order valence-electron chi connectivity index (χ4n) is 2.84. The van der Waals surface area contributed by atoms with Crippen molar-refractivity contribution in [2.24, 2.45) is 0 Å². The molecule has 148 valence electrons. The van der Waals surface area contributed by atoms with E-state index in [1.165, 1.54) is 18.8 Å². The molecule has 0 aliphatic rings. The van der Waals surface area contributed by atoms with Crippen LogP contribution in [-0.4, -0.2) is 33.6 Å². The third-order valence-corrected chi connectivity index (χ3v) is 4.77. The summed E-state index contributed by atoms with van der Waals surface area (Å²) in [6.45, 7) is 3.20. The van der Waals surface area contributed by atoms with Gasteiger partial charge in [0.15, 0.2) is 5.52 Å². The van der Waals surface area contributed by atoms with Gasteiger partial charge in [0, 0.05) is 35.3 Å². The van der Waals surface area contributed by atoms with Crippen LogP contribution in [0.2, 0.25) is 0 Å². The standard InChI is InChI=1S/C18H20N4O5S/c1-10(2)22-17(24)16-14(9-28-20-16)21(18(22)25)8-15(23)19-11-5-12(26-3)7-13(6-11)27-4/h5-7,9-10H,8H2,1-4H3,(H,19,23). The van der Waals surface area contributed by atoms with E-state index in [4.69, 9.17) is 9.47 Å². The number of benzene rings is 1. The van der Waals surface area contributed by atoms with Crippen molar-refractivity contribution < 1.29 is 14.3 Å². The van der Waals surface area contributed by atoms with Crippen LogP contribution in [0.25, 0.3) is 11.0 Å². The molecule has 0 atom stereocenters. The maximum atomic E-state index is 12.8. The van der Waals surface area contributed by atoms with Crippen molar-refractivity contribution in [3.8, 4) is 11.5 Å². The van der Waals surface area contributed by atoms with Crippen LogP contribution in [0.1, 0.15) is 19.9 Å². The van der Waals surface area contributed by atoms with Crippen molar-refractivity contribution in [2.45, 2.75) is 26.4 Å². The van der Waals surface area contributed by atoms with Crippen molar-refractivity contribution in [2.75, 3.05) is 19.5 Å². The van der Waals surface area contributed by atoms with E-state index in [0.29, 0.717) is 22.7 Å². The summed E-state index contributed by atoms with van der Waals surface area (Å²) in [5, 5.41) is 4.31. The zero-order valence-corrected chi connectivity index (χ0v) is 16.7. The van der Waals surface area contributed by atoms with Crippen molar-refractivity contribution >= 4 is 34.2 Å². The summed E-state index contributed by atoms with van der Waals surface area (Å²) in [7, 11) is 3.02. The van der Waals surface area contributed by atoms with Gasteiger partial charge in [0.2, 0.25) is 5.91 Å². The first-order valence-electron chi connectivity index (χ1n) is 8.48. The Labute approximate surface area is 164 Å². The van der Waals surface area contributed by atoms with E-state index >= 15 is 0 Å². The summed E-state index contributed by atoms with van der Waals surface area (Å²) >= 11 is 1.06. The third kappa shape index (κ3) is 3.63. The number of rotatable bonds is 6.